The standard InChI is InChI=1S/C18H18N2O3/c1-23-16-7-3-6-15-18(16)13(10-19-15)9-17(22)20-14-5-2-4-12(8-14)11-21/h2-8,10,19,21H,9,11H2,1H3,(H,20,22). The van der Waals surface area contributed by atoms with E-state index in [1.807, 2.05) is 24.4 Å². The summed E-state index contributed by atoms with van der Waals surface area (Å²) in [6, 6.07) is 12.9. The molecule has 3 rings (SSSR count). The summed E-state index contributed by atoms with van der Waals surface area (Å²) in [5.41, 5.74) is 3.26. The first-order chi connectivity index (χ1) is 11.2. The Morgan fingerprint density at radius 3 is 2.87 bits per heavy atom. The highest BCUT2D eigenvalue weighted by Crippen LogP contribution is 2.29. The van der Waals surface area contributed by atoms with Gasteiger partial charge in [-0.2, -0.15) is 0 Å². The van der Waals surface area contributed by atoms with E-state index in [1.54, 1.807) is 31.4 Å². The Kier molecular flexibility index (Phi) is 4.30. The molecule has 0 aliphatic carbocycles. The summed E-state index contributed by atoms with van der Waals surface area (Å²) >= 11 is 0. The number of anilines is 1. The summed E-state index contributed by atoms with van der Waals surface area (Å²) < 4.78 is 5.38. The smallest absolute Gasteiger partial charge is 0.228 e. The van der Waals surface area contributed by atoms with Crippen molar-refractivity contribution in [3.8, 4) is 5.75 Å². The van der Waals surface area contributed by atoms with Crippen LogP contribution < -0.4 is 10.1 Å². The van der Waals surface area contributed by atoms with E-state index in [0.29, 0.717) is 5.69 Å². The summed E-state index contributed by atoms with van der Waals surface area (Å²) in [7, 11) is 1.62. The van der Waals surface area contributed by atoms with Gasteiger partial charge in [0.05, 0.1) is 20.1 Å². The number of methoxy groups -OCH3 is 1. The fourth-order valence-corrected chi connectivity index (χ4v) is 2.65. The van der Waals surface area contributed by atoms with E-state index in [9.17, 15) is 4.79 Å². The molecule has 0 saturated heterocycles. The maximum absolute atomic E-state index is 12.3. The van der Waals surface area contributed by atoms with Crippen LogP contribution in [0.15, 0.2) is 48.7 Å². The van der Waals surface area contributed by atoms with Crippen molar-refractivity contribution in [3.63, 3.8) is 0 Å². The Labute approximate surface area is 133 Å². The van der Waals surface area contributed by atoms with Crippen LogP contribution in [0.1, 0.15) is 11.1 Å². The Hall–Kier alpha value is -2.79. The SMILES string of the molecule is COc1cccc2[nH]cc(CC(=O)Nc3cccc(CO)c3)c12. The zero-order valence-corrected chi connectivity index (χ0v) is 12.8. The number of aromatic amines is 1. The van der Waals surface area contributed by atoms with E-state index in [1.165, 1.54) is 0 Å². The first-order valence-corrected chi connectivity index (χ1v) is 7.34. The summed E-state index contributed by atoms with van der Waals surface area (Å²) in [5.74, 6) is 0.626. The topological polar surface area (TPSA) is 74.4 Å². The second kappa shape index (κ2) is 6.54. The number of ether oxygens (including phenoxy) is 1. The van der Waals surface area contributed by atoms with Crippen molar-refractivity contribution in [2.75, 3.05) is 12.4 Å². The second-order valence-corrected chi connectivity index (χ2v) is 5.28. The molecule has 2 aromatic carbocycles. The zero-order chi connectivity index (χ0) is 16.2. The molecule has 0 aliphatic heterocycles. The van der Waals surface area contributed by atoms with Crippen LogP contribution in [0.4, 0.5) is 5.69 Å². The summed E-state index contributed by atoms with van der Waals surface area (Å²) in [6.45, 7) is -0.0522. The van der Waals surface area contributed by atoms with Crippen molar-refractivity contribution in [2.45, 2.75) is 13.0 Å². The number of fused-ring (bicyclic) bond motifs is 1. The molecule has 5 nitrogen and oxygen atoms in total. The zero-order valence-electron chi connectivity index (χ0n) is 12.8. The third kappa shape index (κ3) is 3.19. The minimum atomic E-state index is -0.119. The van der Waals surface area contributed by atoms with Crippen LogP contribution >= 0.6 is 0 Å². The van der Waals surface area contributed by atoms with E-state index < -0.39 is 0 Å². The molecule has 5 heteroatoms. The lowest BCUT2D eigenvalue weighted by Crippen LogP contribution is -2.14. The van der Waals surface area contributed by atoms with Crippen molar-refractivity contribution in [1.29, 1.82) is 0 Å². The van der Waals surface area contributed by atoms with Gasteiger partial charge in [-0.15, -0.1) is 0 Å². The predicted octanol–water partition coefficient (Wildman–Crippen LogP) is 2.85. The van der Waals surface area contributed by atoms with E-state index in [-0.39, 0.29) is 18.9 Å². The largest absolute Gasteiger partial charge is 0.496 e. The van der Waals surface area contributed by atoms with Gasteiger partial charge in [0, 0.05) is 22.8 Å². The van der Waals surface area contributed by atoms with Gasteiger partial charge in [-0.05, 0) is 35.4 Å². The number of aliphatic hydroxyl groups excluding tert-OH is 1. The van der Waals surface area contributed by atoms with Gasteiger partial charge in [0.1, 0.15) is 5.75 Å². The van der Waals surface area contributed by atoms with Crippen LogP contribution in [0.25, 0.3) is 10.9 Å². The van der Waals surface area contributed by atoms with E-state index in [0.717, 1.165) is 27.8 Å². The molecule has 3 N–H and O–H groups in total. The van der Waals surface area contributed by atoms with E-state index >= 15 is 0 Å². The Balaban J connectivity index is 1.80. The number of hydrogen-bond acceptors (Lipinski definition) is 3. The Morgan fingerprint density at radius 2 is 2.09 bits per heavy atom. The van der Waals surface area contributed by atoms with Gasteiger partial charge < -0.3 is 20.1 Å². The Morgan fingerprint density at radius 1 is 1.26 bits per heavy atom. The highest BCUT2D eigenvalue weighted by molar-refractivity contribution is 5.97. The third-order valence-electron chi connectivity index (χ3n) is 3.71. The molecule has 118 valence electrons. The minimum absolute atomic E-state index is 0.0522. The lowest BCUT2D eigenvalue weighted by atomic mass is 10.1. The van der Waals surface area contributed by atoms with Crippen molar-refractivity contribution in [3.05, 3.63) is 59.8 Å². The molecule has 3 aromatic rings. The molecule has 0 aliphatic rings. The lowest BCUT2D eigenvalue weighted by Gasteiger charge is -2.07. The molecule has 0 atom stereocenters. The maximum atomic E-state index is 12.3. The first-order valence-electron chi connectivity index (χ1n) is 7.34. The van der Waals surface area contributed by atoms with E-state index in [2.05, 4.69) is 10.3 Å². The average molecular weight is 310 g/mol. The quantitative estimate of drug-likeness (QED) is 0.678. The number of hydrogen-bond donors (Lipinski definition) is 3. The molecule has 0 spiro atoms. The summed E-state index contributed by atoms with van der Waals surface area (Å²) in [4.78, 5) is 15.5. The number of amides is 1. The molecular weight excluding hydrogens is 292 g/mol. The number of nitrogens with one attached hydrogen (secondary N) is 2. The number of benzene rings is 2. The normalized spacial score (nSPS) is 10.7. The number of aromatic nitrogens is 1. The van der Waals surface area contributed by atoms with Crippen LogP contribution in [0, 0.1) is 0 Å². The fraction of sp³-hybridized carbons (Fsp3) is 0.167. The van der Waals surface area contributed by atoms with Crippen molar-refractivity contribution in [1.82, 2.24) is 4.98 Å². The molecule has 1 amide bonds. The van der Waals surface area contributed by atoms with Gasteiger partial charge in [-0.25, -0.2) is 0 Å². The number of rotatable bonds is 5. The molecule has 0 saturated carbocycles. The number of aliphatic hydroxyl groups is 1. The average Bonchev–Trinajstić information content (AvgIpc) is 2.98. The predicted molar refractivity (Wildman–Crippen MR) is 89.5 cm³/mol. The van der Waals surface area contributed by atoms with Crippen LogP contribution in [0.2, 0.25) is 0 Å². The van der Waals surface area contributed by atoms with Gasteiger partial charge in [-0.1, -0.05) is 18.2 Å². The monoisotopic (exact) mass is 310 g/mol. The molecule has 0 fully saturated rings. The molecule has 0 unspecified atom stereocenters. The highest BCUT2D eigenvalue weighted by atomic mass is 16.5. The summed E-state index contributed by atoms with van der Waals surface area (Å²) in [5, 5.41) is 12.9. The fourth-order valence-electron chi connectivity index (χ4n) is 2.65. The molecule has 1 aromatic heterocycles. The molecule has 1 heterocycles. The van der Waals surface area contributed by atoms with Crippen LogP contribution in [0.3, 0.4) is 0 Å². The molecule has 0 bridgehead atoms. The minimum Gasteiger partial charge on any atom is -0.496 e. The maximum Gasteiger partial charge on any atom is 0.228 e. The van der Waals surface area contributed by atoms with Crippen molar-refractivity contribution < 1.29 is 14.6 Å². The van der Waals surface area contributed by atoms with Gasteiger partial charge in [0.25, 0.3) is 0 Å². The van der Waals surface area contributed by atoms with Gasteiger partial charge in [0.2, 0.25) is 5.91 Å². The lowest BCUT2D eigenvalue weighted by molar-refractivity contribution is -0.115. The van der Waals surface area contributed by atoms with Gasteiger partial charge >= 0.3 is 0 Å². The van der Waals surface area contributed by atoms with Crippen LogP contribution in [0.5, 0.6) is 5.75 Å². The molecule has 23 heavy (non-hydrogen) atoms. The van der Waals surface area contributed by atoms with Crippen LogP contribution in [-0.2, 0) is 17.8 Å². The highest BCUT2D eigenvalue weighted by Gasteiger charge is 2.12. The first kappa shape index (κ1) is 15.1. The summed E-state index contributed by atoms with van der Waals surface area (Å²) in [6.07, 6.45) is 2.07. The van der Waals surface area contributed by atoms with Crippen LogP contribution in [-0.4, -0.2) is 23.1 Å². The van der Waals surface area contributed by atoms with E-state index in [4.69, 9.17) is 9.84 Å². The number of carbonyl (C=O) groups is 1. The van der Waals surface area contributed by atoms with Gasteiger partial charge in [0.15, 0.2) is 0 Å². The second-order valence-electron chi connectivity index (χ2n) is 5.28. The third-order valence-corrected chi connectivity index (χ3v) is 3.71. The molecule has 0 radical (unpaired) electrons. The number of H-pyrrole nitrogens is 1. The van der Waals surface area contributed by atoms with Crippen molar-refractivity contribution in [2.24, 2.45) is 0 Å². The Bertz CT molecular complexity index is 839. The van der Waals surface area contributed by atoms with Crippen molar-refractivity contribution >= 4 is 22.5 Å². The number of carbonyl (C=O) groups excluding carboxylic acids is 1. The van der Waals surface area contributed by atoms with Gasteiger partial charge in [-0.3, -0.25) is 4.79 Å². The molecular formula is C18H18N2O3.